The fourth-order valence-corrected chi connectivity index (χ4v) is 3.46. The molecule has 1 amide bonds. The maximum absolute atomic E-state index is 11.4. The lowest BCUT2D eigenvalue weighted by Crippen LogP contribution is -2.44. The highest BCUT2D eigenvalue weighted by Crippen LogP contribution is 2.35. The number of hydrogen-bond donors (Lipinski definition) is 2. The maximum Gasteiger partial charge on any atom is 0.237 e. The van der Waals surface area contributed by atoms with Gasteiger partial charge in [0.25, 0.3) is 0 Å². The molecular formula is C16H19N3O2. The third-order valence-corrected chi connectivity index (χ3v) is 4.57. The van der Waals surface area contributed by atoms with Crippen molar-refractivity contribution < 1.29 is 9.53 Å². The van der Waals surface area contributed by atoms with Crippen molar-refractivity contribution in [3.05, 3.63) is 35.4 Å². The molecule has 110 valence electrons. The van der Waals surface area contributed by atoms with Gasteiger partial charge >= 0.3 is 0 Å². The average molecular weight is 285 g/mol. The van der Waals surface area contributed by atoms with E-state index in [0.29, 0.717) is 24.0 Å². The van der Waals surface area contributed by atoms with E-state index in [0.717, 1.165) is 19.4 Å². The first-order chi connectivity index (χ1) is 10.2. The summed E-state index contributed by atoms with van der Waals surface area (Å²) in [7, 11) is 0. The fraction of sp³-hybridized carbons (Fsp3) is 0.500. The van der Waals surface area contributed by atoms with Crippen LogP contribution in [0.1, 0.15) is 29.9 Å². The maximum atomic E-state index is 11.4. The Kier molecular flexibility index (Phi) is 3.91. The number of fused-ring (bicyclic) bond motifs is 1. The second kappa shape index (κ2) is 5.84. The number of amides is 1. The molecule has 0 aromatic heterocycles. The molecule has 3 N–H and O–H groups in total. The summed E-state index contributed by atoms with van der Waals surface area (Å²) in [4.78, 5) is 11.4. The lowest BCUT2D eigenvalue weighted by atomic mass is 9.85. The summed E-state index contributed by atoms with van der Waals surface area (Å²) in [5.74, 6) is 0.381. The van der Waals surface area contributed by atoms with Crippen LogP contribution >= 0.6 is 0 Å². The van der Waals surface area contributed by atoms with Crippen molar-refractivity contribution in [1.29, 1.82) is 5.26 Å². The van der Waals surface area contributed by atoms with Gasteiger partial charge in [-0.25, -0.2) is 0 Å². The predicted octanol–water partition coefficient (Wildman–Crippen LogP) is 0.894. The average Bonchev–Trinajstić information content (AvgIpc) is 2.78. The van der Waals surface area contributed by atoms with Gasteiger partial charge in [0.15, 0.2) is 0 Å². The van der Waals surface area contributed by atoms with Crippen molar-refractivity contribution in [3.8, 4) is 6.07 Å². The number of nitriles is 1. The predicted molar refractivity (Wildman–Crippen MR) is 77.3 cm³/mol. The summed E-state index contributed by atoms with van der Waals surface area (Å²) in [6.07, 6.45) is 1.81. The minimum Gasteiger partial charge on any atom is -0.376 e. The van der Waals surface area contributed by atoms with E-state index in [9.17, 15) is 4.79 Å². The topological polar surface area (TPSA) is 88.1 Å². The molecule has 0 saturated carbocycles. The van der Waals surface area contributed by atoms with Crippen LogP contribution in [-0.4, -0.2) is 31.2 Å². The summed E-state index contributed by atoms with van der Waals surface area (Å²) in [5, 5.41) is 12.0. The SMILES string of the molecule is N#Cc1ccc([C@@H]2CCO[C@H]3C(C(N)=O)NC[C@@H]3C2)cc1. The zero-order valence-corrected chi connectivity index (χ0v) is 11.8. The fourth-order valence-electron chi connectivity index (χ4n) is 3.46. The van der Waals surface area contributed by atoms with Gasteiger partial charge in [-0.2, -0.15) is 5.26 Å². The second-order valence-electron chi connectivity index (χ2n) is 5.84. The van der Waals surface area contributed by atoms with Gasteiger partial charge in [-0.1, -0.05) is 12.1 Å². The molecule has 0 radical (unpaired) electrons. The number of ether oxygens (including phenoxy) is 1. The lowest BCUT2D eigenvalue weighted by Gasteiger charge is -2.20. The first-order valence-corrected chi connectivity index (χ1v) is 7.33. The van der Waals surface area contributed by atoms with Crippen LogP contribution in [-0.2, 0) is 9.53 Å². The van der Waals surface area contributed by atoms with Crippen molar-refractivity contribution in [2.75, 3.05) is 13.2 Å². The summed E-state index contributed by atoms with van der Waals surface area (Å²) < 4.78 is 5.88. The van der Waals surface area contributed by atoms with E-state index in [-0.39, 0.29) is 18.1 Å². The first kappa shape index (κ1) is 14.1. The Morgan fingerprint density at radius 3 is 2.81 bits per heavy atom. The Bertz CT molecular complexity index is 564. The highest BCUT2D eigenvalue weighted by Gasteiger charge is 2.42. The summed E-state index contributed by atoms with van der Waals surface area (Å²) in [5.41, 5.74) is 7.34. The number of nitrogens with one attached hydrogen (secondary N) is 1. The van der Waals surface area contributed by atoms with Gasteiger partial charge in [-0.15, -0.1) is 0 Å². The van der Waals surface area contributed by atoms with E-state index in [2.05, 4.69) is 11.4 Å². The zero-order chi connectivity index (χ0) is 14.8. The molecule has 5 nitrogen and oxygen atoms in total. The van der Waals surface area contributed by atoms with Gasteiger partial charge in [-0.3, -0.25) is 4.79 Å². The third kappa shape index (κ3) is 2.78. The number of hydrogen-bond acceptors (Lipinski definition) is 4. The van der Waals surface area contributed by atoms with Gasteiger partial charge < -0.3 is 15.8 Å². The summed E-state index contributed by atoms with van der Waals surface area (Å²) in [6, 6.07) is 9.54. The summed E-state index contributed by atoms with van der Waals surface area (Å²) >= 11 is 0. The van der Waals surface area contributed by atoms with E-state index in [1.807, 2.05) is 24.3 Å². The van der Waals surface area contributed by atoms with Crippen LogP contribution < -0.4 is 11.1 Å². The van der Waals surface area contributed by atoms with Crippen LogP contribution in [0, 0.1) is 17.2 Å². The molecule has 0 aliphatic carbocycles. The Morgan fingerprint density at radius 2 is 2.14 bits per heavy atom. The molecule has 2 fully saturated rings. The van der Waals surface area contributed by atoms with Crippen molar-refractivity contribution in [1.82, 2.24) is 5.32 Å². The van der Waals surface area contributed by atoms with Crippen LogP contribution in [0.15, 0.2) is 24.3 Å². The highest BCUT2D eigenvalue weighted by molar-refractivity contribution is 5.81. The monoisotopic (exact) mass is 285 g/mol. The lowest BCUT2D eigenvalue weighted by molar-refractivity contribution is -0.123. The zero-order valence-electron chi connectivity index (χ0n) is 11.8. The molecule has 2 saturated heterocycles. The number of nitrogens with zero attached hydrogens (tertiary/aromatic N) is 1. The van der Waals surface area contributed by atoms with E-state index in [1.165, 1.54) is 5.56 Å². The molecule has 1 aromatic carbocycles. The van der Waals surface area contributed by atoms with Crippen molar-refractivity contribution in [3.63, 3.8) is 0 Å². The summed E-state index contributed by atoms with van der Waals surface area (Å²) in [6.45, 7) is 1.41. The van der Waals surface area contributed by atoms with Crippen LogP contribution in [0.4, 0.5) is 0 Å². The van der Waals surface area contributed by atoms with Crippen LogP contribution in [0.2, 0.25) is 0 Å². The number of benzene rings is 1. The van der Waals surface area contributed by atoms with Crippen molar-refractivity contribution >= 4 is 5.91 Å². The number of carbonyl (C=O) groups is 1. The van der Waals surface area contributed by atoms with Gasteiger partial charge in [0.1, 0.15) is 6.04 Å². The van der Waals surface area contributed by atoms with Crippen molar-refractivity contribution in [2.24, 2.45) is 11.7 Å². The van der Waals surface area contributed by atoms with Gasteiger partial charge in [0.2, 0.25) is 5.91 Å². The van der Waals surface area contributed by atoms with Gasteiger partial charge in [0.05, 0.1) is 17.7 Å². The molecular weight excluding hydrogens is 266 g/mol. The molecule has 1 aromatic rings. The normalized spacial score (nSPS) is 32.0. The van der Waals surface area contributed by atoms with E-state index in [1.54, 1.807) is 0 Å². The Morgan fingerprint density at radius 1 is 1.38 bits per heavy atom. The second-order valence-corrected chi connectivity index (χ2v) is 5.84. The smallest absolute Gasteiger partial charge is 0.237 e. The molecule has 2 heterocycles. The number of carbonyl (C=O) groups excluding carboxylic acids is 1. The van der Waals surface area contributed by atoms with Gasteiger partial charge in [0, 0.05) is 19.1 Å². The van der Waals surface area contributed by atoms with Crippen molar-refractivity contribution in [2.45, 2.75) is 30.9 Å². The Hall–Kier alpha value is -1.90. The van der Waals surface area contributed by atoms with E-state index < -0.39 is 0 Å². The molecule has 2 aliphatic heterocycles. The molecule has 2 aliphatic rings. The van der Waals surface area contributed by atoms with E-state index >= 15 is 0 Å². The highest BCUT2D eigenvalue weighted by atomic mass is 16.5. The minimum atomic E-state index is -0.366. The molecule has 1 unspecified atom stereocenters. The number of rotatable bonds is 2. The Balaban J connectivity index is 1.75. The molecule has 0 bridgehead atoms. The standard InChI is InChI=1S/C16H19N3O2/c17-8-10-1-3-11(4-2-10)12-5-6-21-15-13(7-12)9-19-14(15)16(18)20/h1-4,12-15,19H,5-7,9H2,(H2,18,20)/t12-,13+,14?,15-/m1/s1. The quantitative estimate of drug-likeness (QED) is 0.845. The molecule has 0 spiro atoms. The number of primary amides is 1. The first-order valence-electron chi connectivity index (χ1n) is 7.33. The Labute approximate surface area is 124 Å². The number of nitrogens with two attached hydrogens (primary N) is 1. The molecule has 5 heteroatoms. The molecule has 21 heavy (non-hydrogen) atoms. The third-order valence-electron chi connectivity index (χ3n) is 4.57. The van der Waals surface area contributed by atoms with E-state index in [4.69, 9.17) is 15.7 Å². The van der Waals surface area contributed by atoms with Crippen LogP contribution in [0.25, 0.3) is 0 Å². The van der Waals surface area contributed by atoms with Crippen LogP contribution in [0.3, 0.4) is 0 Å². The molecule has 3 rings (SSSR count). The molecule has 4 atom stereocenters. The minimum absolute atomic E-state index is 0.106. The largest absolute Gasteiger partial charge is 0.376 e. The van der Waals surface area contributed by atoms with Gasteiger partial charge in [-0.05, 0) is 36.5 Å². The van der Waals surface area contributed by atoms with Crippen LogP contribution in [0.5, 0.6) is 0 Å².